The number of sulfonamides is 1. The zero-order valence-electron chi connectivity index (χ0n) is 21.3. The minimum Gasteiger partial charge on any atom is -0.493 e. The summed E-state index contributed by atoms with van der Waals surface area (Å²) in [6.45, 7) is 0. The molecule has 0 radical (unpaired) electrons. The van der Waals surface area contributed by atoms with Crippen LogP contribution >= 0.6 is 0 Å². The SMILES string of the molecule is COc1cc(NS(=O)(=O)c2cccc(-c3ncccn3)c2)ccc1Oc1ccnc2c(OC)c(OC)ccc12. The van der Waals surface area contributed by atoms with Gasteiger partial charge in [0, 0.05) is 35.6 Å². The molecule has 0 unspecified atom stereocenters. The number of anilines is 1. The fourth-order valence-corrected chi connectivity index (χ4v) is 5.09. The summed E-state index contributed by atoms with van der Waals surface area (Å²) in [6.07, 6.45) is 4.79. The first-order valence-corrected chi connectivity index (χ1v) is 13.2. The fraction of sp³-hybridized carbons (Fsp3) is 0.107. The number of methoxy groups -OCH3 is 3. The molecule has 11 heteroatoms. The summed E-state index contributed by atoms with van der Waals surface area (Å²) in [5.41, 5.74) is 1.45. The van der Waals surface area contributed by atoms with Gasteiger partial charge in [0.05, 0.1) is 31.9 Å². The second-order valence-corrected chi connectivity index (χ2v) is 9.86. The number of ether oxygens (including phenoxy) is 4. The van der Waals surface area contributed by atoms with Gasteiger partial charge in [0.1, 0.15) is 11.3 Å². The third-order valence-corrected chi connectivity index (χ3v) is 7.20. The van der Waals surface area contributed by atoms with Gasteiger partial charge in [-0.3, -0.25) is 9.71 Å². The van der Waals surface area contributed by atoms with Crippen LogP contribution in [0.25, 0.3) is 22.3 Å². The number of nitrogens with one attached hydrogen (secondary N) is 1. The van der Waals surface area contributed by atoms with Crippen molar-refractivity contribution in [3.63, 3.8) is 0 Å². The largest absolute Gasteiger partial charge is 0.493 e. The molecule has 198 valence electrons. The predicted octanol–water partition coefficient (Wildman–Crippen LogP) is 5.31. The molecule has 0 saturated heterocycles. The predicted molar refractivity (Wildman–Crippen MR) is 146 cm³/mol. The highest BCUT2D eigenvalue weighted by Gasteiger charge is 2.19. The zero-order chi connectivity index (χ0) is 27.4. The molecule has 3 aromatic carbocycles. The third-order valence-electron chi connectivity index (χ3n) is 5.82. The van der Waals surface area contributed by atoms with E-state index in [1.54, 1.807) is 81.3 Å². The first-order chi connectivity index (χ1) is 18.9. The van der Waals surface area contributed by atoms with Gasteiger partial charge in [0.25, 0.3) is 10.0 Å². The van der Waals surface area contributed by atoms with Gasteiger partial charge >= 0.3 is 0 Å². The van der Waals surface area contributed by atoms with E-state index >= 15 is 0 Å². The van der Waals surface area contributed by atoms with Gasteiger partial charge in [0.15, 0.2) is 28.8 Å². The summed E-state index contributed by atoms with van der Waals surface area (Å²) < 4.78 is 51.5. The number of benzene rings is 3. The highest BCUT2D eigenvalue weighted by Crippen LogP contribution is 2.41. The summed E-state index contributed by atoms with van der Waals surface area (Å²) in [7, 11) is 0.652. The summed E-state index contributed by atoms with van der Waals surface area (Å²) in [4.78, 5) is 12.9. The monoisotopic (exact) mass is 544 g/mol. The Morgan fingerprint density at radius 2 is 1.46 bits per heavy atom. The van der Waals surface area contributed by atoms with Crippen LogP contribution < -0.4 is 23.7 Å². The van der Waals surface area contributed by atoms with E-state index < -0.39 is 10.0 Å². The number of pyridine rings is 1. The van der Waals surface area contributed by atoms with Crippen LogP contribution in [0.5, 0.6) is 28.7 Å². The molecule has 2 aromatic heterocycles. The van der Waals surface area contributed by atoms with Gasteiger partial charge in [-0.25, -0.2) is 18.4 Å². The fourth-order valence-electron chi connectivity index (χ4n) is 3.99. The Bertz CT molecular complexity index is 1750. The smallest absolute Gasteiger partial charge is 0.261 e. The molecule has 0 bridgehead atoms. The van der Waals surface area contributed by atoms with Crippen LogP contribution in [-0.4, -0.2) is 44.7 Å². The first kappa shape index (κ1) is 25.7. The number of rotatable bonds is 9. The van der Waals surface area contributed by atoms with Crippen molar-refractivity contribution < 1.29 is 27.4 Å². The van der Waals surface area contributed by atoms with Crippen LogP contribution in [0.15, 0.2) is 90.2 Å². The molecule has 0 spiro atoms. The molecule has 0 fully saturated rings. The molecule has 0 atom stereocenters. The Morgan fingerprint density at radius 3 is 2.21 bits per heavy atom. The van der Waals surface area contributed by atoms with Crippen LogP contribution in [0, 0.1) is 0 Å². The van der Waals surface area contributed by atoms with Crippen LogP contribution in [0.3, 0.4) is 0 Å². The first-order valence-electron chi connectivity index (χ1n) is 11.7. The number of hydrogen-bond donors (Lipinski definition) is 1. The average Bonchev–Trinajstić information content (AvgIpc) is 2.97. The van der Waals surface area contributed by atoms with Crippen molar-refractivity contribution in [2.24, 2.45) is 0 Å². The quantitative estimate of drug-likeness (QED) is 0.263. The molecular weight excluding hydrogens is 520 g/mol. The van der Waals surface area contributed by atoms with Gasteiger partial charge in [-0.2, -0.15) is 0 Å². The van der Waals surface area contributed by atoms with Crippen molar-refractivity contribution in [2.45, 2.75) is 4.90 Å². The average molecular weight is 545 g/mol. The highest BCUT2D eigenvalue weighted by molar-refractivity contribution is 7.92. The van der Waals surface area contributed by atoms with E-state index in [2.05, 4.69) is 19.7 Å². The van der Waals surface area contributed by atoms with E-state index in [-0.39, 0.29) is 4.90 Å². The van der Waals surface area contributed by atoms with Gasteiger partial charge in [0.2, 0.25) is 0 Å². The summed E-state index contributed by atoms with van der Waals surface area (Å²) >= 11 is 0. The van der Waals surface area contributed by atoms with Crippen LogP contribution in [0.4, 0.5) is 5.69 Å². The highest BCUT2D eigenvalue weighted by atomic mass is 32.2. The molecule has 5 aromatic rings. The van der Waals surface area contributed by atoms with E-state index in [0.29, 0.717) is 56.7 Å². The minimum atomic E-state index is -3.92. The molecule has 0 aliphatic heterocycles. The maximum atomic E-state index is 13.2. The summed E-state index contributed by atoms with van der Waals surface area (Å²) in [5.74, 6) is 2.67. The number of nitrogens with zero attached hydrogens (tertiary/aromatic N) is 3. The van der Waals surface area contributed by atoms with E-state index in [0.717, 1.165) is 0 Å². The zero-order valence-corrected chi connectivity index (χ0v) is 22.1. The Labute approximate surface area is 225 Å². The molecule has 1 N–H and O–H groups in total. The second kappa shape index (κ2) is 10.8. The molecule has 10 nitrogen and oxygen atoms in total. The number of aromatic nitrogens is 3. The number of fused-ring (bicyclic) bond motifs is 1. The molecule has 5 rings (SSSR count). The van der Waals surface area contributed by atoms with Crippen molar-refractivity contribution in [1.82, 2.24) is 15.0 Å². The summed E-state index contributed by atoms with van der Waals surface area (Å²) in [5, 5.41) is 0.698. The minimum absolute atomic E-state index is 0.0689. The van der Waals surface area contributed by atoms with Crippen LogP contribution in [0.1, 0.15) is 0 Å². The van der Waals surface area contributed by atoms with E-state index in [1.807, 2.05) is 6.07 Å². The van der Waals surface area contributed by atoms with E-state index in [1.165, 1.54) is 19.2 Å². The Kier molecular flexibility index (Phi) is 7.15. The standard InChI is InChI=1S/C28H24N4O6S/c1-35-24-11-9-21-22(12-15-29-26(21)27(24)37-3)38-23-10-8-19(17-25(23)36-2)32-39(33,34)20-7-4-6-18(16-20)28-30-13-5-14-31-28/h4-17,32H,1-3H3. The number of hydrogen-bond acceptors (Lipinski definition) is 9. The topological polar surface area (TPSA) is 122 Å². The van der Waals surface area contributed by atoms with Gasteiger partial charge < -0.3 is 18.9 Å². The second-order valence-electron chi connectivity index (χ2n) is 8.18. The maximum Gasteiger partial charge on any atom is 0.261 e. The molecule has 2 heterocycles. The van der Waals surface area contributed by atoms with Gasteiger partial charge in [-0.1, -0.05) is 12.1 Å². The Hall–Kier alpha value is -4.90. The van der Waals surface area contributed by atoms with E-state index in [9.17, 15) is 8.42 Å². The van der Waals surface area contributed by atoms with Gasteiger partial charge in [-0.05, 0) is 48.5 Å². The molecule has 0 amide bonds. The van der Waals surface area contributed by atoms with Crippen LogP contribution in [-0.2, 0) is 10.0 Å². The molecule has 0 aliphatic carbocycles. The van der Waals surface area contributed by atoms with Crippen molar-refractivity contribution in [2.75, 3.05) is 26.1 Å². The Balaban J connectivity index is 1.43. The molecule has 0 aliphatic rings. The van der Waals surface area contributed by atoms with Gasteiger partial charge in [-0.15, -0.1) is 0 Å². The third kappa shape index (κ3) is 5.25. The lowest BCUT2D eigenvalue weighted by molar-refractivity contribution is 0.357. The Morgan fingerprint density at radius 1 is 0.692 bits per heavy atom. The normalized spacial score (nSPS) is 11.2. The summed E-state index contributed by atoms with van der Waals surface area (Å²) in [6, 6.07) is 18.2. The van der Waals surface area contributed by atoms with Crippen molar-refractivity contribution in [3.8, 4) is 40.1 Å². The lowest BCUT2D eigenvalue weighted by Gasteiger charge is -2.15. The van der Waals surface area contributed by atoms with Crippen molar-refractivity contribution in [1.29, 1.82) is 0 Å². The van der Waals surface area contributed by atoms with Crippen LogP contribution in [0.2, 0.25) is 0 Å². The van der Waals surface area contributed by atoms with Crippen molar-refractivity contribution >= 4 is 26.6 Å². The van der Waals surface area contributed by atoms with E-state index in [4.69, 9.17) is 18.9 Å². The lowest BCUT2D eigenvalue weighted by atomic mass is 10.1. The molecule has 0 saturated carbocycles. The lowest BCUT2D eigenvalue weighted by Crippen LogP contribution is -2.13. The molecule has 39 heavy (non-hydrogen) atoms. The maximum absolute atomic E-state index is 13.2. The molecular formula is C28H24N4O6S. The van der Waals surface area contributed by atoms with Crippen molar-refractivity contribution in [3.05, 3.63) is 85.3 Å².